The maximum Gasteiger partial charge on any atom is 0.414 e. The van der Waals surface area contributed by atoms with E-state index in [1.54, 1.807) is 32.4 Å². The van der Waals surface area contributed by atoms with E-state index >= 15 is 0 Å². The lowest BCUT2D eigenvalue weighted by Gasteiger charge is -2.42. The molecule has 2 fully saturated rings. The molecule has 0 aliphatic carbocycles. The highest BCUT2D eigenvalue weighted by molar-refractivity contribution is 6.27. The molecule has 2 heterocycles. The lowest BCUT2D eigenvalue weighted by molar-refractivity contribution is -0.159. The second-order valence-electron chi connectivity index (χ2n) is 7.71. The van der Waals surface area contributed by atoms with Crippen molar-refractivity contribution < 1.29 is 34.1 Å². The van der Waals surface area contributed by atoms with E-state index in [2.05, 4.69) is 16.7 Å². The van der Waals surface area contributed by atoms with E-state index in [4.69, 9.17) is 29.3 Å². The van der Waals surface area contributed by atoms with Crippen molar-refractivity contribution >= 4 is 17.8 Å². The zero-order chi connectivity index (χ0) is 23.7. The number of likely N-dealkylation sites (tertiary alicyclic amines) is 1. The molecule has 10 heteroatoms. The Kier molecular flexibility index (Phi) is 9.73. The Morgan fingerprint density at radius 1 is 0.875 bits per heavy atom. The maximum absolute atomic E-state index is 12.9. The fourth-order valence-electron chi connectivity index (χ4n) is 3.99. The van der Waals surface area contributed by atoms with Crippen molar-refractivity contribution in [2.24, 2.45) is 0 Å². The molecule has 1 amide bonds. The summed E-state index contributed by atoms with van der Waals surface area (Å²) in [6.07, 6.45) is 2.11. The number of ether oxygens (including phenoxy) is 2. The molecule has 0 spiro atoms. The van der Waals surface area contributed by atoms with Gasteiger partial charge < -0.3 is 29.5 Å². The van der Waals surface area contributed by atoms with Crippen LogP contribution >= 0.6 is 0 Å². The van der Waals surface area contributed by atoms with Gasteiger partial charge in [0, 0.05) is 56.9 Å². The summed E-state index contributed by atoms with van der Waals surface area (Å²) in [5.74, 6) is -2.28. The number of carboxylic acid groups (broad SMARTS) is 2. The topological polar surface area (TPSA) is 120 Å². The van der Waals surface area contributed by atoms with E-state index in [0.717, 1.165) is 45.6 Å². The van der Waals surface area contributed by atoms with Gasteiger partial charge in [0.05, 0.1) is 14.2 Å². The maximum atomic E-state index is 12.9. The number of hydrogen-bond acceptors (Lipinski definition) is 7. The summed E-state index contributed by atoms with van der Waals surface area (Å²) in [5, 5.41) is 14.8. The summed E-state index contributed by atoms with van der Waals surface area (Å²) >= 11 is 0. The van der Waals surface area contributed by atoms with Crippen LogP contribution in [0.5, 0.6) is 11.5 Å². The van der Waals surface area contributed by atoms with Gasteiger partial charge in [0.15, 0.2) is 0 Å². The average molecular weight is 452 g/mol. The molecule has 2 aliphatic heterocycles. The highest BCUT2D eigenvalue weighted by atomic mass is 16.5. The van der Waals surface area contributed by atoms with E-state index in [0.29, 0.717) is 23.1 Å². The van der Waals surface area contributed by atoms with Gasteiger partial charge in [-0.2, -0.15) is 0 Å². The van der Waals surface area contributed by atoms with Gasteiger partial charge in [0.1, 0.15) is 11.5 Å². The van der Waals surface area contributed by atoms with E-state index in [-0.39, 0.29) is 5.91 Å². The molecule has 0 unspecified atom stereocenters. The Bertz CT molecular complexity index is 751. The minimum atomic E-state index is -1.82. The molecule has 1 aromatic carbocycles. The van der Waals surface area contributed by atoms with Crippen LogP contribution in [0, 0.1) is 0 Å². The Labute approximate surface area is 188 Å². The van der Waals surface area contributed by atoms with Gasteiger partial charge in [-0.25, -0.2) is 9.59 Å². The van der Waals surface area contributed by atoms with Gasteiger partial charge in [-0.1, -0.05) is 6.92 Å². The van der Waals surface area contributed by atoms with Gasteiger partial charge in [-0.15, -0.1) is 0 Å². The first kappa shape index (κ1) is 25.4. The number of nitrogens with zero attached hydrogens (tertiary/aromatic N) is 3. The van der Waals surface area contributed by atoms with Crippen LogP contribution in [-0.2, 0) is 9.59 Å². The molecule has 0 radical (unpaired) electrons. The number of piperazine rings is 1. The van der Waals surface area contributed by atoms with Gasteiger partial charge in [-0.05, 0) is 31.5 Å². The van der Waals surface area contributed by atoms with Crippen LogP contribution in [0.1, 0.15) is 30.1 Å². The van der Waals surface area contributed by atoms with Crippen LogP contribution in [0.15, 0.2) is 18.2 Å². The summed E-state index contributed by atoms with van der Waals surface area (Å²) in [5.41, 5.74) is 0.635. The van der Waals surface area contributed by atoms with Crippen molar-refractivity contribution in [3.63, 3.8) is 0 Å². The Morgan fingerprint density at radius 3 is 1.78 bits per heavy atom. The summed E-state index contributed by atoms with van der Waals surface area (Å²) in [4.78, 5) is 38.2. The number of carboxylic acids is 2. The minimum absolute atomic E-state index is 0.0662. The van der Waals surface area contributed by atoms with Gasteiger partial charge in [-0.3, -0.25) is 9.69 Å². The predicted octanol–water partition coefficient (Wildman–Crippen LogP) is 1.10. The average Bonchev–Trinajstić information content (AvgIpc) is 2.83. The van der Waals surface area contributed by atoms with E-state index in [9.17, 15) is 4.79 Å². The molecule has 0 atom stereocenters. The van der Waals surface area contributed by atoms with Crippen LogP contribution in [0.25, 0.3) is 0 Å². The number of benzene rings is 1. The number of likely N-dealkylation sites (N-methyl/N-ethyl adjacent to an activating group) is 1. The molecular weight excluding hydrogens is 418 g/mol. The van der Waals surface area contributed by atoms with Gasteiger partial charge in [0.25, 0.3) is 5.91 Å². The van der Waals surface area contributed by atoms with Crippen molar-refractivity contribution in [3.05, 3.63) is 23.8 Å². The molecule has 1 aromatic rings. The van der Waals surface area contributed by atoms with Crippen molar-refractivity contribution in [2.75, 3.05) is 60.0 Å². The molecule has 0 saturated carbocycles. The number of hydrogen-bond donors (Lipinski definition) is 2. The number of methoxy groups -OCH3 is 2. The Morgan fingerprint density at radius 2 is 1.38 bits per heavy atom. The van der Waals surface area contributed by atoms with Crippen LogP contribution in [-0.4, -0.2) is 109 Å². The van der Waals surface area contributed by atoms with E-state index in [1.807, 2.05) is 4.90 Å². The summed E-state index contributed by atoms with van der Waals surface area (Å²) < 4.78 is 10.6. The van der Waals surface area contributed by atoms with Crippen molar-refractivity contribution in [1.29, 1.82) is 0 Å². The van der Waals surface area contributed by atoms with Crippen molar-refractivity contribution in [3.8, 4) is 11.5 Å². The fourth-order valence-corrected chi connectivity index (χ4v) is 3.99. The normalized spacial score (nSPS) is 17.8. The Hall–Kier alpha value is -2.85. The molecule has 2 N–H and O–H groups in total. The zero-order valence-electron chi connectivity index (χ0n) is 19.0. The van der Waals surface area contributed by atoms with E-state index < -0.39 is 11.9 Å². The van der Waals surface area contributed by atoms with Crippen molar-refractivity contribution in [1.82, 2.24) is 14.7 Å². The zero-order valence-corrected chi connectivity index (χ0v) is 19.0. The van der Waals surface area contributed by atoms with Gasteiger partial charge in [0.2, 0.25) is 0 Å². The third-order valence-corrected chi connectivity index (χ3v) is 5.90. The lowest BCUT2D eigenvalue weighted by Crippen LogP contribution is -2.53. The predicted molar refractivity (Wildman–Crippen MR) is 117 cm³/mol. The highest BCUT2D eigenvalue weighted by Gasteiger charge is 2.29. The first-order chi connectivity index (χ1) is 15.3. The summed E-state index contributed by atoms with van der Waals surface area (Å²) in [6, 6.07) is 5.98. The quantitative estimate of drug-likeness (QED) is 0.634. The number of rotatable bonds is 5. The number of carbonyl (C=O) groups excluding carboxylic acids is 1. The van der Waals surface area contributed by atoms with Crippen LogP contribution in [0.4, 0.5) is 0 Å². The smallest absolute Gasteiger partial charge is 0.414 e. The first-order valence-electron chi connectivity index (χ1n) is 10.7. The number of piperidine rings is 1. The molecule has 3 rings (SSSR count). The Balaban J connectivity index is 0.000000534. The molecule has 0 aromatic heterocycles. The molecule has 32 heavy (non-hydrogen) atoms. The minimum Gasteiger partial charge on any atom is -0.497 e. The number of carbonyl (C=O) groups is 3. The van der Waals surface area contributed by atoms with Crippen LogP contribution < -0.4 is 9.47 Å². The SMILES string of the molecule is CCN1CCN(C2CCN(C(=O)c3cc(OC)cc(OC)c3)CC2)CC1.O=C(O)C(=O)O. The highest BCUT2D eigenvalue weighted by Crippen LogP contribution is 2.25. The first-order valence-corrected chi connectivity index (χ1v) is 10.7. The molecule has 2 saturated heterocycles. The third-order valence-electron chi connectivity index (χ3n) is 5.90. The van der Waals surface area contributed by atoms with Gasteiger partial charge >= 0.3 is 11.9 Å². The molecule has 2 aliphatic rings. The third kappa shape index (κ3) is 7.10. The largest absolute Gasteiger partial charge is 0.497 e. The number of amides is 1. The molecule has 10 nitrogen and oxygen atoms in total. The monoisotopic (exact) mass is 451 g/mol. The molecule has 178 valence electrons. The summed E-state index contributed by atoms with van der Waals surface area (Å²) in [7, 11) is 3.21. The van der Waals surface area contributed by atoms with Crippen LogP contribution in [0.2, 0.25) is 0 Å². The second kappa shape index (κ2) is 12.3. The fraction of sp³-hybridized carbons (Fsp3) is 0.591. The lowest BCUT2D eigenvalue weighted by atomic mass is 10.0. The second-order valence-corrected chi connectivity index (χ2v) is 7.71. The summed E-state index contributed by atoms with van der Waals surface area (Å²) in [6.45, 7) is 9.64. The van der Waals surface area contributed by atoms with E-state index in [1.165, 1.54) is 13.1 Å². The van der Waals surface area contributed by atoms with Crippen molar-refractivity contribution in [2.45, 2.75) is 25.8 Å². The standard InChI is InChI=1S/C20H31N3O3.C2H2O4/c1-4-21-9-11-22(12-10-21)17-5-7-23(8-6-17)20(24)16-13-18(25-2)15-19(14-16)26-3;3-1(4)2(5)6/h13-15,17H,4-12H2,1-3H3;(H,3,4)(H,5,6). The molecular formula is C22H33N3O7. The van der Waals surface area contributed by atoms with Crippen LogP contribution in [0.3, 0.4) is 0 Å². The molecule has 0 bridgehead atoms. The number of aliphatic carboxylic acids is 2.